The molecule has 6 nitrogen and oxygen atoms in total. The topological polar surface area (TPSA) is 81.2 Å². The van der Waals surface area contributed by atoms with Crippen molar-refractivity contribution in [1.29, 1.82) is 0 Å². The number of likely N-dealkylation sites (tertiary alicyclic amines) is 1. The Morgan fingerprint density at radius 2 is 2.29 bits per heavy atom. The summed E-state index contributed by atoms with van der Waals surface area (Å²) in [6, 6.07) is 1.82. The lowest BCUT2D eigenvalue weighted by molar-refractivity contribution is 0.0816. The van der Waals surface area contributed by atoms with Gasteiger partial charge in [0.2, 0.25) is 0 Å². The highest BCUT2D eigenvalue weighted by Gasteiger charge is 2.16. The number of carbonyl (C=O) groups excluding carboxylic acids is 1. The van der Waals surface area contributed by atoms with Crippen molar-refractivity contribution in [3.63, 3.8) is 0 Å². The number of piperidine rings is 1. The number of aromatic amines is 1. The van der Waals surface area contributed by atoms with Crippen molar-refractivity contribution in [3.05, 3.63) is 17.5 Å². The van der Waals surface area contributed by atoms with Gasteiger partial charge in [0, 0.05) is 25.3 Å². The predicted molar refractivity (Wildman–Crippen MR) is 81.2 cm³/mol. The molecule has 118 valence electrons. The van der Waals surface area contributed by atoms with Crippen LogP contribution >= 0.6 is 0 Å². The Labute approximate surface area is 125 Å². The molecule has 0 aromatic carbocycles. The Morgan fingerprint density at radius 3 is 3.00 bits per heavy atom. The van der Waals surface area contributed by atoms with Crippen LogP contribution in [0, 0.1) is 0 Å². The molecule has 2 heterocycles. The highest BCUT2D eigenvalue weighted by Crippen LogP contribution is 2.09. The van der Waals surface area contributed by atoms with Gasteiger partial charge >= 0.3 is 0 Å². The van der Waals surface area contributed by atoms with Crippen molar-refractivity contribution >= 4 is 5.91 Å². The number of hydrogen-bond acceptors (Lipinski definition) is 4. The van der Waals surface area contributed by atoms with E-state index in [1.54, 1.807) is 0 Å². The van der Waals surface area contributed by atoms with Crippen molar-refractivity contribution in [2.75, 3.05) is 26.2 Å². The Balaban J connectivity index is 1.62. The van der Waals surface area contributed by atoms with E-state index < -0.39 is 0 Å². The molecular formula is C15H26N4O2. The number of amides is 1. The lowest BCUT2D eigenvalue weighted by atomic mass is 10.1. The molecule has 1 aromatic heterocycles. The molecule has 0 atom stereocenters. The maximum atomic E-state index is 11.9. The summed E-state index contributed by atoms with van der Waals surface area (Å²) in [5, 5.41) is 19.3. The first-order valence-electron chi connectivity index (χ1n) is 7.92. The Morgan fingerprint density at radius 1 is 1.52 bits per heavy atom. The average Bonchev–Trinajstić information content (AvgIpc) is 2.94. The second-order valence-electron chi connectivity index (χ2n) is 5.71. The highest BCUT2D eigenvalue weighted by molar-refractivity contribution is 5.92. The summed E-state index contributed by atoms with van der Waals surface area (Å²) in [4.78, 5) is 14.3. The summed E-state index contributed by atoms with van der Waals surface area (Å²) in [7, 11) is 0. The normalized spacial score (nSPS) is 17.0. The molecule has 3 N–H and O–H groups in total. The minimum absolute atomic E-state index is 0.109. The van der Waals surface area contributed by atoms with Gasteiger partial charge in [0.15, 0.2) is 0 Å². The zero-order valence-corrected chi connectivity index (χ0v) is 12.8. The van der Waals surface area contributed by atoms with E-state index in [0.29, 0.717) is 12.2 Å². The van der Waals surface area contributed by atoms with Crippen molar-refractivity contribution < 1.29 is 9.90 Å². The quantitative estimate of drug-likeness (QED) is 0.654. The Hall–Kier alpha value is -1.40. The first-order valence-corrected chi connectivity index (χ1v) is 7.92. The molecular weight excluding hydrogens is 268 g/mol. The van der Waals surface area contributed by atoms with Crippen LogP contribution in [-0.4, -0.2) is 58.4 Å². The van der Waals surface area contributed by atoms with E-state index in [1.807, 2.05) is 6.07 Å². The molecule has 0 bridgehead atoms. The molecule has 0 unspecified atom stereocenters. The largest absolute Gasteiger partial charge is 0.393 e. The molecule has 6 heteroatoms. The van der Waals surface area contributed by atoms with Crippen LogP contribution in [0.2, 0.25) is 0 Å². The van der Waals surface area contributed by atoms with E-state index in [9.17, 15) is 9.90 Å². The summed E-state index contributed by atoms with van der Waals surface area (Å²) in [6.07, 6.45) is 4.47. The third-order valence-electron chi connectivity index (χ3n) is 3.88. The van der Waals surface area contributed by atoms with E-state index in [2.05, 4.69) is 27.3 Å². The van der Waals surface area contributed by atoms with Crippen LogP contribution in [0.3, 0.4) is 0 Å². The molecule has 1 aromatic rings. The van der Waals surface area contributed by atoms with E-state index in [0.717, 1.165) is 57.4 Å². The second-order valence-corrected chi connectivity index (χ2v) is 5.71. The highest BCUT2D eigenvalue weighted by atomic mass is 16.3. The molecule has 0 aliphatic carbocycles. The average molecular weight is 294 g/mol. The molecule has 0 spiro atoms. The van der Waals surface area contributed by atoms with Crippen LogP contribution in [0.15, 0.2) is 6.07 Å². The maximum absolute atomic E-state index is 11.9. The fraction of sp³-hybridized carbons (Fsp3) is 0.733. The van der Waals surface area contributed by atoms with Gasteiger partial charge in [0.05, 0.1) is 6.10 Å². The number of aliphatic hydroxyl groups is 1. The molecule has 0 radical (unpaired) electrons. The second kappa shape index (κ2) is 8.14. The van der Waals surface area contributed by atoms with Gasteiger partial charge in [0.25, 0.3) is 5.91 Å². The Bertz CT molecular complexity index is 439. The molecule has 2 rings (SSSR count). The fourth-order valence-electron chi connectivity index (χ4n) is 2.61. The number of H-pyrrole nitrogens is 1. The van der Waals surface area contributed by atoms with Crippen LogP contribution in [-0.2, 0) is 6.42 Å². The zero-order chi connectivity index (χ0) is 15.1. The zero-order valence-electron chi connectivity index (χ0n) is 12.8. The number of aryl methyl sites for hydroxylation is 1. The molecule has 1 aliphatic heterocycles. The third-order valence-corrected chi connectivity index (χ3v) is 3.88. The molecule has 1 saturated heterocycles. The van der Waals surface area contributed by atoms with Crippen LogP contribution in [0.4, 0.5) is 0 Å². The number of rotatable bonds is 7. The van der Waals surface area contributed by atoms with Crippen LogP contribution in [0.5, 0.6) is 0 Å². The molecule has 1 amide bonds. The number of nitrogens with one attached hydrogen (secondary N) is 2. The van der Waals surface area contributed by atoms with Crippen LogP contribution in [0.25, 0.3) is 0 Å². The maximum Gasteiger partial charge on any atom is 0.271 e. The van der Waals surface area contributed by atoms with Gasteiger partial charge in [-0.2, -0.15) is 5.10 Å². The van der Waals surface area contributed by atoms with E-state index in [1.165, 1.54) is 0 Å². The minimum atomic E-state index is -0.127. The van der Waals surface area contributed by atoms with Gasteiger partial charge in [-0.15, -0.1) is 0 Å². The van der Waals surface area contributed by atoms with E-state index in [4.69, 9.17) is 0 Å². The lowest BCUT2D eigenvalue weighted by Gasteiger charge is -2.29. The SMILES string of the molecule is CCCc1cc(C(=O)NCCCN2CCC(O)CC2)n[nH]1. The third kappa shape index (κ3) is 5.13. The Kier molecular flexibility index (Phi) is 6.20. The molecule has 0 saturated carbocycles. The van der Waals surface area contributed by atoms with E-state index >= 15 is 0 Å². The van der Waals surface area contributed by atoms with Crippen LogP contribution < -0.4 is 5.32 Å². The number of hydrogen-bond donors (Lipinski definition) is 3. The first-order chi connectivity index (χ1) is 10.2. The van der Waals surface area contributed by atoms with Gasteiger partial charge in [0.1, 0.15) is 5.69 Å². The van der Waals surface area contributed by atoms with Crippen LogP contribution in [0.1, 0.15) is 48.8 Å². The molecule has 1 aliphatic rings. The van der Waals surface area contributed by atoms with Gasteiger partial charge in [-0.05, 0) is 38.3 Å². The van der Waals surface area contributed by atoms with Crippen molar-refractivity contribution in [1.82, 2.24) is 20.4 Å². The molecule has 21 heavy (non-hydrogen) atoms. The van der Waals surface area contributed by atoms with Gasteiger partial charge in [-0.25, -0.2) is 0 Å². The number of nitrogens with zero attached hydrogens (tertiary/aromatic N) is 2. The van der Waals surface area contributed by atoms with Crippen molar-refractivity contribution in [3.8, 4) is 0 Å². The summed E-state index contributed by atoms with van der Waals surface area (Å²) >= 11 is 0. The summed E-state index contributed by atoms with van der Waals surface area (Å²) in [5.74, 6) is -0.109. The summed E-state index contributed by atoms with van der Waals surface area (Å²) in [6.45, 7) is 5.63. The predicted octanol–water partition coefficient (Wildman–Crippen LogP) is 0.939. The smallest absolute Gasteiger partial charge is 0.271 e. The number of aliphatic hydroxyl groups excluding tert-OH is 1. The summed E-state index contributed by atoms with van der Waals surface area (Å²) in [5.41, 5.74) is 1.48. The number of aromatic nitrogens is 2. The van der Waals surface area contributed by atoms with Crippen molar-refractivity contribution in [2.24, 2.45) is 0 Å². The fourth-order valence-corrected chi connectivity index (χ4v) is 2.61. The van der Waals surface area contributed by atoms with Crippen molar-refractivity contribution in [2.45, 2.75) is 45.1 Å². The standard InChI is InChI=1S/C15H26N4O2/c1-2-4-12-11-14(18-17-12)15(21)16-7-3-8-19-9-5-13(20)6-10-19/h11,13,20H,2-10H2,1H3,(H,16,21)(H,17,18). The minimum Gasteiger partial charge on any atom is -0.393 e. The monoisotopic (exact) mass is 294 g/mol. The van der Waals surface area contributed by atoms with E-state index in [-0.39, 0.29) is 12.0 Å². The first kappa shape index (κ1) is 16.0. The van der Waals surface area contributed by atoms with Gasteiger partial charge in [-0.1, -0.05) is 13.3 Å². The molecule has 1 fully saturated rings. The number of carbonyl (C=O) groups is 1. The van der Waals surface area contributed by atoms with Gasteiger partial charge in [-0.3, -0.25) is 9.89 Å². The summed E-state index contributed by atoms with van der Waals surface area (Å²) < 4.78 is 0. The lowest BCUT2D eigenvalue weighted by Crippen LogP contribution is -2.37. The van der Waals surface area contributed by atoms with Gasteiger partial charge < -0.3 is 15.3 Å².